The molecular formula is C17H23N3O. The van der Waals surface area contributed by atoms with Crippen molar-refractivity contribution in [3.8, 4) is 11.1 Å². The minimum absolute atomic E-state index is 0.268. The van der Waals surface area contributed by atoms with Crippen LogP contribution in [-0.2, 0) is 18.2 Å². The number of aryl methyl sites for hydroxylation is 1. The van der Waals surface area contributed by atoms with Crippen LogP contribution in [0.3, 0.4) is 0 Å². The number of fused-ring (bicyclic) bond motifs is 1. The number of nitrogens with zero attached hydrogens (tertiary/aromatic N) is 3. The molecule has 1 aliphatic rings. The summed E-state index contributed by atoms with van der Waals surface area (Å²) in [5, 5.41) is 4.26. The second kappa shape index (κ2) is 5.53. The van der Waals surface area contributed by atoms with Gasteiger partial charge in [-0.1, -0.05) is 6.07 Å². The lowest BCUT2D eigenvalue weighted by Crippen LogP contribution is -2.43. The number of ether oxygens (including phenoxy) is 1. The van der Waals surface area contributed by atoms with Crippen molar-refractivity contribution in [2.75, 3.05) is 18.6 Å². The van der Waals surface area contributed by atoms with E-state index in [4.69, 9.17) is 4.74 Å². The van der Waals surface area contributed by atoms with Crippen LogP contribution in [0.1, 0.15) is 19.4 Å². The van der Waals surface area contributed by atoms with Crippen LogP contribution >= 0.6 is 0 Å². The third-order valence-electron chi connectivity index (χ3n) is 4.23. The fourth-order valence-electron chi connectivity index (χ4n) is 3.05. The standard InChI is InChI=1S/C17H23N3O/c1-12(2)20-11-16(21-4)8-14-7-13(5-6-17(14)20)15-9-18-19(3)10-15/h5-7,9-10,12,16H,8,11H2,1-4H3. The normalized spacial score (nSPS) is 18.1. The molecule has 0 radical (unpaired) electrons. The van der Waals surface area contributed by atoms with Crippen LogP contribution in [0.4, 0.5) is 5.69 Å². The minimum Gasteiger partial charge on any atom is -0.379 e. The topological polar surface area (TPSA) is 30.3 Å². The molecule has 0 amide bonds. The van der Waals surface area contributed by atoms with Crippen molar-refractivity contribution in [3.63, 3.8) is 0 Å². The summed E-state index contributed by atoms with van der Waals surface area (Å²) in [5.74, 6) is 0. The average Bonchev–Trinajstić information content (AvgIpc) is 2.91. The van der Waals surface area contributed by atoms with Crippen molar-refractivity contribution < 1.29 is 4.74 Å². The summed E-state index contributed by atoms with van der Waals surface area (Å²) in [6, 6.07) is 7.19. The first-order chi connectivity index (χ1) is 10.1. The molecule has 2 aromatic rings. The van der Waals surface area contributed by atoms with Gasteiger partial charge in [0.2, 0.25) is 0 Å². The van der Waals surface area contributed by atoms with E-state index >= 15 is 0 Å². The van der Waals surface area contributed by atoms with Crippen LogP contribution in [0, 0.1) is 0 Å². The lowest BCUT2D eigenvalue weighted by atomic mass is 9.95. The van der Waals surface area contributed by atoms with E-state index < -0.39 is 0 Å². The van der Waals surface area contributed by atoms with Crippen LogP contribution in [0.15, 0.2) is 30.6 Å². The molecule has 21 heavy (non-hydrogen) atoms. The monoisotopic (exact) mass is 285 g/mol. The van der Waals surface area contributed by atoms with Gasteiger partial charge < -0.3 is 9.64 Å². The summed E-state index contributed by atoms with van der Waals surface area (Å²) < 4.78 is 7.46. The Labute approximate surface area is 126 Å². The molecule has 0 saturated carbocycles. The molecule has 0 fully saturated rings. The zero-order valence-electron chi connectivity index (χ0n) is 13.2. The Kier molecular flexibility index (Phi) is 3.72. The summed E-state index contributed by atoms with van der Waals surface area (Å²) in [6.07, 6.45) is 5.21. The SMILES string of the molecule is COC1Cc2cc(-c3cnn(C)c3)ccc2N(C(C)C)C1. The summed E-state index contributed by atoms with van der Waals surface area (Å²) >= 11 is 0. The van der Waals surface area contributed by atoms with E-state index in [0.29, 0.717) is 6.04 Å². The quantitative estimate of drug-likeness (QED) is 0.868. The average molecular weight is 285 g/mol. The van der Waals surface area contributed by atoms with E-state index in [1.807, 2.05) is 17.9 Å². The summed E-state index contributed by atoms with van der Waals surface area (Å²) in [6.45, 7) is 5.43. The Morgan fingerprint density at radius 2 is 2.10 bits per heavy atom. The van der Waals surface area contributed by atoms with Gasteiger partial charge in [-0.05, 0) is 37.1 Å². The van der Waals surface area contributed by atoms with Crippen molar-refractivity contribution in [2.45, 2.75) is 32.4 Å². The Hall–Kier alpha value is -1.81. The molecule has 0 N–H and O–H groups in total. The van der Waals surface area contributed by atoms with Gasteiger partial charge in [0.1, 0.15) is 0 Å². The third-order valence-corrected chi connectivity index (χ3v) is 4.23. The van der Waals surface area contributed by atoms with Crippen LogP contribution in [0.25, 0.3) is 11.1 Å². The first-order valence-electron chi connectivity index (χ1n) is 7.50. The number of benzene rings is 1. The molecule has 3 rings (SSSR count). The third kappa shape index (κ3) is 2.68. The second-order valence-electron chi connectivity index (χ2n) is 6.05. The van der Waals surface area contributed by atoms with Gasteiger partial charge in [0.05, 0.1) is 12.3 Å². The van der Waals surface area contributed by atoms with E-state index in [-0.39, 0.29) is 6.10 Å². The van der Waals surface area contributed by atoms with Gasteiger partial charge in [-0.25, -0.2) is 0 Å². The van der Waals surface area contributed by atoms with Gasteiger partial charge in [0, 0.05) is 50.6 Å². The number of hydrogen-bond acceptors (Lipinski definition) is 3. The van der Waals surface area contributed by atoms with Gasteiger partial charge in [0.25, 0.3) is 0 Å². The van der Waals surface area contributed by atoms with Crippen LogP contribution in [-0.4, -0.2) is 35.6 Å². The molecule has 1 aromatic heterocycles. The molecule has 4 nitrogen and oxygen atoms in total. The molecule has 1 aliphatic heterocycles. The highest BCUT2D eigenvalue weighted by Crippen LogP contribution is 2.33. The van der Waals surface area contributed by atoms with Gasteiger partial charge >= 0.3 is 0 Å². The number of methoxy groups -OCH3 is 1. The number of aromatic nitrogens is 2. The summed E-state index contributed by atoms with van der Waals surface area (Å²) in [5.41, 5.74) is 5.09. The van der Waals surface area contributed by atoms with Gasteiger partial charge in [-0.2, -0.15) is 5.10 Å². The molecule has 0 spiro atoms. The second-order valence-corrected chi connectivity index (χ2v) is 6.05. The number of hydrogen-bond donors (Lipinski definition) is 0. The van der Waals surface area contributed by atoms with E-state index in [0.717, 1.165) is 18.5 Å². The molecule has 112 valence electrons. The molecule has 2 heterocycles. The predicted molar refractivity (Wildman–Crippen MR) is 85.6 cm³/mol. The van der Waals surface area contributed by atoms with Gasteiger partial charge in [-0.15, -0.1) is 0 Å². The first-order valence-corrected chi connectivity index (χ1v) is 7.50. The Morgan fingerprint density at radius 3 is 2.71 bits per heavy atom. The van der Waals surface area contributed by atoms with Crippen molar-refractivity contribution >= 4 is 5.69 Å². The first kappa shape index (κ1) is 14.1. The molecule has 0 aliphatic carbocycles. The number of anilines is 1. The van der Waals surface area contributed by atoms with Crippen LogP contribution in [0.2, 0.25) is 0 Å². The molecule has 1 unspecified atom stereocenters. The summed E-state index contributed by atoms with van der Waals surface area (Å²) in [7, 11) is 3.75. The minimum atomic E-state index is 0.268. The number of rotatable bonds is 3. The molecule has 0 saturated heterocycles. The Bertz CT molecular complexity index is 633. The fourth-order valence-corrected chi connectivity index (χ4v) is 3.05. The van der Waals surface area contributed by atoms with E-state index in [2.05, 4.69) is 48.2 Å². The van der Waals surface area contributed by atoms with Crippen molar-refractivity contribution in [1.82, 2.24) is 9.78 Å². The van der Waals surface area contributed by atoms with Crippen molar-refractivity contribution in [3.05, 3.63) is 36.2 Å². The van der Waals surface area contributed by atoms with Crippen molar-refractivity contribution in [2.24, 2.45) is 7.05 Å². The molecular weight excluding hydrogens is 262 g/mol. The summed E-state index contributed by atoms with van der Waals surface area (Å²) in [4.78, 5) is 2.43. The highest BCUT2D eigenvalue weighted by atomic mass is 16.5. The van der Waals surface area contributed by atoms with Crippen LogP contribution in [0.5, 0.6) is 0 Å². The maximum atomic E-state index is 5.62. The maximum absolute atomic E-state index is 5.62. The highest BCUT2D eigenvalue weighted by Gasteiger charge is 2.26. The van der Waals surface area contributed by atoms with Gasteiger partial charge in [-0.3, -0.25) is 4.68 Å². The molecule has 4 heteroatoms. The highest BCUT2D eigenvalue weighted by molar-refractivity contribution is 5.69. The lowest BCUT2D eigenvalue weighted by Gasteiger charge is -2.38. The Balaban J connectivity index is 2.00. The van der Waals surface area contributed by atoms with Gasteiger partial charge in [0.15, 0.2) is 0 Å². The largest absolute Gasteiger partial charge is 0.379 e. The smallest absolute Gasteiger partial charge is 0.0787 e. The van der Waals surface area contributed by atoms with Crippen molar-refractivity contribution in [1.29, 1.82) is 0 Å². The molecule has 1 aromatic carbocycles. The molecule has 1 atom stereocenters. The van der Waals surface area contributed by atoms with E-state index in [9.17, 15) is 0 Å². The van der Waals surface area contributed by atoms with E-state index in [1.165, 1.54) is 16.8 Å². The zero-order chi connectivity index (χ0) is 15.0. The Morgan fingerprint density at radius 1 is 1.29 bits per heavy atom. The molecule has 0 bridgehead atoms. The lowest BCUT2D eigenvalue weighted by molar-refractivity contribution is 0.103. The maximum Gasteiger partial charge on any atom is 0.0787 e. The van der Waals surface area contributed by atoms with E-state index in [1.54, 1.807) is 7.11 Å². The zero-order valence-corrected chi connectivity index (χ0v) is 13.2. The van der Waals surface area contributed by atoms with Crippen LogP contribution < -0.4 is 4.90 Å². The predicted octanol–water partition coefficient (Wildman–Crippen LogP) is 2.87. The fraction of sp³-hybridized carbons (Fsp3) is 0.471.